The number of carbonyl (C=O) groups is 2. The van der Waals surface area contributed by atoms with E-state index < -0.39 is 17.1 Å². The zero-order valence-corrected chi connectivity index (χ0v) is 11.0. The zero-order valence-electron chi connectivity index (χ0n) is 11.0. The minimum atomic E-state index is -1.08. The lowest BCUT2D eigenvalue weighted by Gasteiger charge is -2.48. The molecule has 2 rings (SSSR count). The molecule has 2 unspecified atom stereocenters. The van der Waals surface area contributed by atoms with Crippen LogP contribution in [0.1, 0.15) is 46.0 Å². The van der Waals surface area contributed by atoms with Gasteiger partial charge in [0.1, 0.15) is 5.54 Å². The van der Waals surface area contributed by atoms with Gasteiger partial charge in [-0.3, -0.25) is 4.79 Å². The van der Waals surface area contributed by atoms with Gasteiger partial charge in [-0.2, -0.15) is 0 Å². The molecule has 2 aliphatic rings. The first-order chi connectivity index (χ1) is 8.47. The number of carboxylic acid groups (broad SMARTS) is 1. The Bertz CT molecular complexity index is 355. The van der Waals surface area contributed by atoms with E-state index in [1.807, 2.05) is 13.8 Å². The summed E-state index contributed by atoms with van der Waals surface area (Å²) in [6.07, 6.45) is 4.05. The van der Waals surface area contributed by atoms with Crippen LogP contribution in [0.25, 0.3) is 0 Å². The minimum absolute atomic E-state index is 0.109. The third kappa shape index (κ3) is 2.11. The number of hydrogen-bond donors (Lipinski definition) is 1. The number of carbonyl (C=O) groups excluding carboxylic acids is 1. The largest absolute Gasteiger partial charge is 0.479 e. The molecular weight excluding hydrogens is 234 g/mol. The van der Waals surface area contributed by atoms with Gasteiger partial charge in [0, 0.05) is 18.9 Å². The van der Waals surface area contributed by atoms with Crippen molar-refractivity contribution in [2.45, 2.75) is 63.1 Å². The summed E-state index contributed by atoms with van der Waals surface area (Å²) in [7, 11) is 0. The molecule has 5 nitrogen and oxygen atoms in total. The fourth-order valence-electron chi connectivity index (χ4n) is 2.85. The summed E-state index contributed by atoms with van der Waals surface area (Å²) in [5, 5.41) is 9.64. The predicted molar refractivity (Wildman–Crippen MR) is 65.2 cm³/mol. The highest BCUT2D eigenvalue weighted by atomic mass is 16.5. The summed E-state index contributed by atoms with van der Waals surface area (Å²) in [5.41, 5.74) is -1.53. The molecule has 1 amide bonds. The van der Waals surface area contributed by atoms with Crippen LogP contribution in [0, 0.1) is 0 Å². The van der Waals surface area contributed by atoms with E-state index in [2.05, 4.69) is 0 Å². The number of hydrogen-bond acceptors (Lipinski definition) is 3. The Kier molecular flexibility index (Phi) is 3.36. The average molecular weight is 255 g/mol. The summed E-state index contributed by atoms with van der Waals surface area (Å²) in [6, 6.07) is 0.109. The smallest absolute Gasteiger partial charge is 0.329 e. The normalized spacial score (nSPS) is 36.1. The second kappa shape index (κ2) is 4.53. The number of carboxylic acids is 1. The van der Waals surface area contributed by atoms with Crippen molar-refractivity contribution in [3.63, 3.8) is 0 Å². The van der Waals surface area contributed by atoms with Crippen molar-refractivity contribution in [2.24, 2.45) is 0 Å². The maximum Gasteiger partial charge on any atom is 0.329 e. The van der Waals surface area contributed by atoms with Crippen molar-refractivity contribution in [3.8, 4) is 0 Å². The van der Waals surface area contributed by atoms with E-state index >= 15 is 0 Å². The van der Waals surface area contributed by atoms with E-state index in [4.69, 9.17) is 4.74 Å². The van der Waals surface area contributed by atoms with E-state index in [0.717, 1.165) is 19.3 Å². The van der Waals surface area contributed by atoms with Crippen LogP contribution in [0.15, 0.2) is 0 Å². The fourth-order valence-corrected chi connectivity index (χ4v) is 2.85. The molecule has 0 aromatic heterocycles. The van der Waals surface area contributed by atoms with Crippen LogP contribution in [-0.2, 0) is 14.3 Å². The zero-order chi connectivity index (χ0) is 13.4. The predicted octanol–water partition coefficient (Wildman–Crippen LogP) is 1.41. The molecule has 0 aromatic rings. The van der Waals surface area contributed by atoms with Crippen LogP contribution >= 0.6 is 0 Å². The highest BCUT2D eigenvalue weighted by Gasteiger charge is 2.54. The van der Waals surface area contributed by atoms with Crippen molar-refractivity contribution in [3.05, 3.63) is 0 Å². The molecule has 1 heterocycles. The van der Waals surface area contributed by atoms with Gasteiger partial charge < -0.3 is 14.7 Å². The molecule has 5 heteroatoms. The van der Waals surface area contributed by atoms with Crippen molar-refractivity contribution >= 4 is 12.4 Å². The quantitative estimate of drug-likeness (QED) is 0.754. The topological polar surface area (TPSA) is 66.8 Å². The Hall–Kier alpha value is -1.10. The Morgan fingerprint density at radius 1 is 1.56 bits per heavy atom. The molecular formula is C13H21NO4. The van der Waals surface area contributed by atoms with Crippen LogP contribution in [-0.4, -0.2) is 46.2 Å². The van der Waals surface area contributed by atoms with Gasteiger partial charge in [0.05, 0.1) is 12.2 Å². The maximum absolute atomic E-state index is 11.8. The van der Waals surface area contributed by atoms with Gasteiger partial charge in [-0.25, -0.2) is 4.79 Å². The van der Waals surface area contributed by atoms with Crippen LogP contribution in [0.5, 0.6) is 0 Å². The Balaban J connectivity index is 2.31. The number of aliphatic carboxylic acids is 1. The first-order valence-corrected chi connectivity index (χ1v) is 6.58. The molecule has 2 fully saturated rings. The third-order valence-electron chi connectivity index (χ3n) is 4.33. The molecule has 102 valence electrons. The third-order valence-corrected chi connectivity index (χ3v) is 4.33. The van der Waals surface area contributed by atoms with Gasteiger partial charge in [0.2, 0.25) is 6.41 Å². The molecule has 1 aliphatic carbocycles. The van der Waals surface area contributed by atoms with Crippen molar-refractivity contribution < 1.29 is 19.4 Å². The van der Waals surface area contributed by atoms with E-state index in [-0.39, 0.29) is 6.04 Å². The van der Waals surface area contributed by atoms with Crippen LogP contribution in [0.2, 0.25) is 0 Å². The first-order valence-electron chi connectivity index (χ1n) is 6.58. The highest BCUT2D eigenvalue weighted by Crippen LogP contribution is 2.42. The standard InChI is InChI=1S/C13H21NO4/c1-3-12(2)8-13(11(16)17,6-7-18-12)14(9-15)10-4-5-10/h9-10H,3-8H2,1-2H3,(H,16,17). The van der Waals surface area contributed by atoms with Crippen LogP contribution < -0.4 is 0 Å². The molecule has 0 aromatic carbocycles. The summed E-state index contributed by atoms with van der Waals surface area (Å²) >= 11 is 0. The maximum atomic E-state index is 11.8. The van der Waals surface area contributed by atoms with Crippen molar-refractivity contribution in [2.75, 3.05) is 6.61 Å². The van der Waals surface area contributed by atoms with E-state index in [9.17, 15) is 14.7 Å². The molecule has 1 saturated carbocycles. The molecule has 18 heavy (non-hydrogen) atoms. The van der Waals surface area contributed by atoms with Gasteiger partial charge in [-0.1, -0.05) is 6.92 Å². The molecule has 0 radical (unpaired) electrons. The second-order valence-electron chi connectivity index (χ2n) is 5.66. The molecule has 0 bridgehead atoms. The van der Waals surface area contributed by atoms with Crippen LogP contribution in [0.3, 0.4) is 0 Å². The molecule has 1 aliphatic heterocycles. The Morgan fingerprint density at radius 3 is 2.67 bits per heavy atom. The fraction of sp³-hybridized carbons (Fsp3) is 0.846. The van der Waals surface area contributed by atoms with Gasteiger partial charge >= 0.3 is 5.97 Å². The molecule has 2 atom stereocenters. The van der Waals surface area contributed by atoms with Crippen molar-refractivity contribution in [1.29, 1.82) is 0 Å². The summed E-state index contributed by atoms with van der Waals surface area (Å²) in [4.78, 5) is 24.6. The van der Waals surface area contributed by atoms with Gasteiger partial charge in [-0.15, -0.1) is 0 Å². The van der Waals surface area contributed by atoms with E-state index in [1.165, 1.54) is 4.90 Å². The SMILES string of the molecule is CCC1(C)CC(C(=O)O)(N(C=O)C2CC2)CCO1. The molecule has 1 N–H and O–H groups in total. The molecule has 0 spiro atoms. The van der Waals surface area contributed by atoms with Crippen LogP contribution in [0.4, 0.5) is 0 Å². The van der Waals surface area contributed by atoms with E-state index in [1.54, 1.807) is 0 Å². The first kappa shape index (κ1) is 13.3. The Morgan fingerprint density at radius 2 is 2.22 bits per heavy atom. The second-order valence-corrected chi connectivity index (χ2v) is 5.66. The molecule has 1 saturated heterocycles. The number of amides is 1. The van der Waals surface area contributed by atoms with Crippen molar-refractivity contribution in [1.82, 2.24) is 4.90 Å². The summed E-state index contributed by atoms with van der Waals surface area (Å²) in [5.74, 6) is -0.899. The highest BCUT2D eigenvalue weighted by molar-refractivity contribution is 5.82. The summed E-state index contributed by atoms with van der Waals surface area (Å²) in [6.45, 7) is 4.31. The lowest BCUT2D eigenvalue weighted by atomic mass is 9.78. The van der Waals surface area contributed by atoms with Gasteiger partial charge in [0.15, 0.2) is 0 Å². The number of rotatable bonds is 5. The van der Waals surface area contributed by atoms with E-state index in [0.29, 0.717) is 25.9 Å². The minimum Gasteiger partial charge on any atom is -0.479 e. The van der Waals surface area contributed by atoms with Gasteiger partial charge in [-0.05, 0) is 26.2 Å². The Labute approximate surface area is 107 Å². The lowest BCUT2D eigenvalue weighted by molar-refractivity contribution is -0.177. The average Bonchev–Trinajstić information content (AvgIpc) is 3.14. The summed E-state index contributed by atoms with van der Waals surface area (Å²) < 4.78 is 5.71. The number of ether oxygens (including phenoxy) is 1. The van der Waals surface area contributed by atoms with Gasteiger partial charge in [0.25, 0.3) is 0 Å². The monoisotopic (exact) mass is 255 g/mol. The lowest BCUT2D eigenvalue weighted by Crippen LogP contribution is -2.62. The number of nitrogens with zero attached hydrogens (tertiary/aromatic N) is 1.